The number of benzene rings is 2. The Balaban J connectivity index is 1.28. The number of rotatable bonds is 7. The lowest BCUT2D eigenvalue weighted by Crippen LogP contribution is -2.17. The molecule has 8 heteroatoms. The first-order valence-corrected chi connectivity index (χ1v) is 9.39. The minimum absolute atomic E-state index is 0.331. The summed E-state index contributed by atoms with van der Waals surface area (Å²) in [5.74, 6) is 0.135. The van der Waals surface area contributed by atoms with Gasteiger partial charge in [0.25, 0.3) is 0 Å². The summed E-state index contributed by atoms with van der Waals surface area (Å²) in [5, 5.41) is 8.02. The summed E-state index contributed by atoms with van der Waals surface area (Å²) in [5.41, 5.74) is 2.00. The molecule has 0 saturated carbocycles. The summed E-state index contributed by atoms with van der Waals surface area (Å²) in [7, 11) is 0. The number of hydrogen-bond acceptors (Lipinski definition) is 7. The van der Waals surface area contributed by atoms with E-state index in [0.717, 1.165) is 5.56 Å². The monoisotopic (exact) mass is 405 g/mol. The Hall–Kier alpha value is -3.94. The summed E-state index contributed by atoms with van der Waals surface area (Å²) in [6.45, 7) is 1.12. The van der Waals surface area contributed by atoms with Gasteiger partial charge in [0.2, 0.25) is 0 Å². The number of fused-ring (bicyclic) bond motifs is 1. The van der Waals surface area contributed by atoms with E-state index in [1.54, 1.807) is 29.1 Å². The van der Waals surface area contributed by atoms with E-state index in [-0.39, 0.29) is 12.4 Å². The molecule has 1 aliphatic heterocycles. The molecule has 0 aliphatic carbocycles. The zero-order chi connectivity index (χ0) is 20.8. The van der Waals surface area contributed by atoms with Gasteiger partial charge in [0.1, 0.15) is 18.9 Å². The van der Waals surface area contributed by atoms with Gasteiger partial charge in [-0.25, -0.2) is 9.48 Å². The van der Waals surface area contributed by atoms with Crippen LogP contribution in [0.2, 0.25) is 0 Å². The number of ether oxygens (including phenoxy) is 3. The lowest BCUT2D eigenvalue weighted by atomic mass is 10.1. The topological polar surface area (TPSA) is 92.5 Å². The fraction of sp³-hybridized carbons (Fsp3) is 0.182. The maximum atomic E-state index is 12.3. The molecule has 0 fully saturated rings. The number of Topliss-reactive ketones (excluding diaryl/α,β-unsaturated/α-hetero) is 1. The third kappa shape index (κ3) is 4.91. The van der Waals surface area contributed by atoms with Crippen molar-refractivity contribution in [3.8, 4) is 11.5 Å². The molecular weight excluding hydrogens is 386 g/mol. The molecule has 0 spiro atoms. The second-order valence-corrected chi connectivity index (χ2v) is 6.55. The van der Waals surface area contributed by atoms with E-state index >= 15 is 0 Å². The van der Waals surface area contributed by atoms with E-state index in [1.807, 2.05) is 30.3 Å². The normalized spacial score (nSPS) is 12.7. The highest BCUT2D eigenvalue weighted by Gasteiger charge is 2.15. The van der Waals surface area contributed by atoms with E-state index in [2.05, 4.69) is 10.3 Å². The van der Waals surface area contributed by atoms with Crippen molar-refractivity contribution >= 4 is 17.8 Å². The fourth-order valence-corrected chi connectivity index (χ4v) is 2.88. The molecule has 0 bridgehead atoms. The van der Waals surface area contributed by atoms with Gasteiger partial charge in [-0.3, -0.25) is 4.79 Å². The molecule has 1 aromatic heterocycles. The first-order chi connectivity index (χ1) is 14.7. The van der Waals surface area contributed by atoms with Crippen molar-refractivity contribution in [3.63, 3.8) is 0 Å². The van der Waals surface area contributed by atoms with Crippen molar-refractivity contribution < 1.29 is 23.8 Å². The second-order valence-electron chi connectivity index (χ2n) is 6.55. The van der Waals surface area contributed by atoms with Crippen LogP contribution in [-0.4, -0.2) is 46.6 Å². The Kier molecular flexibility index (Phi) is 5.84. The molecule has 1 aliphatic rings. The summed E-state index contributed by atoms with van der Waals surface area (Å²) < 4.78 is 17.6. The Labute approximate surface area is 172 Å². The maximum absolute atomic E-state index is 12.3. The average molecular weight is 405 g/mol. The first kappa shape index (κ1) is 19.4. The molecule has 3 aromatic rings. The number of carbonyl (C=O) groups excluding carboxylic acids is 2. The third-order valence-corrected chi connectivity index (χ3v) is 4.34. The van der Waals surface area contributed by atoms with Crippen LogP contribution in [0.1, 0.15) is 21.6 Å². The molecule has 8 nitrogen and oxygen atoms in total. The molecule has 30 heavy (non-hydrogen) atoms. The minimum atomic E-state index is -0.640. The third-order valence-electron chi connectivity index (χ3n) is 4.34. The molecule has 2 heterocycles. The van der Waals surface area contributed by atoms with Gasteiger partial charge in [-0.1, -0.05) is 35.5 Å². The average Bonchev–Trinajstić information content (AvgIpc) is 3.23. The zero-order valence-corrected chi connectivity index (χ0v) is 16.1. The van der Waals surface area contributed by atoms with Crippen LogP contribution in [0.25, 0.3) is 6.08 Å². The molecule has 4 rings (SSSR count). The Morgan fingerprint density at radius 2 is 1.87 bits per heavy atom. The van der Waals surface area contributed by atoms with Gasteiger partial charge in [0, 0.05) is 11.6 Å². The fourth-order valence-electron chi connectivity index (χ4n) is 2.88. The minimum Gasteiger partial charge on any atom is -0.486 e. The number of hydrogen-bond donors (Lipinski definition) is 0. The highest BCUT2D eigenvalue weighted by molar-refractivity contribution is 5.99. The van der Waals surface area contributed by atoms with Gasteiger partial charge in [0.05, 0.1) is 12.7 Å². The maximum Gasteiger partial charge on any atom is 0.331 e. The summed E-state index contributed by atoms with van der Waals surface area (Å²) >= 11 is 0. The van der Waals surface area contributed by atoms with Crippen molar-refractivity contribution in [2.24, 2.45) is 0 Å². The van der Waals surface area contributed by atoms with Crippen LogP contribution in [0.3, 0.4) is 0 Å². The SMILES string of the molecule is O=C(/C=C/c1cn(Cc2ccccc2)nn1)OCC(=O)c1ccc2c(c1)OCCO2. The Bertz CT molecular complexity index is 1080. The molecule has 0 amide bonds. The summed E-state index contributed by atoms with van der Waals surface area (Å²) in [4.78, 5) is 24.2. The van der Waals surface area contributed by atoms with Crippen molar-refractivity contribution in [2.45, 2.75) is 6.54 Å². The van der Waals surface area contributed by atoms with Crippen molar-refractivity contribution in [3.05, 3.63) is 77.6 Å². The van der Waals surface area contributed by atoms with Gasteiger partial charge in [-0.2, -0.15) is 0 Å². The van der Waals surface area contributed by atoms with Crippen LogP contribution >= 0.6 is 0 Å². The van der Waals surface area contributed by atoms with Gasteiger partial charge in [0.15, 0.2) is 23.9 Å². The van der Waals surface area contributed by atoms with E-state index in [1.165, 1.54) is 12.2 Å². The molecule has 0 atom stereocenters. The molecule has 2 aromatic carbocycles. The van der Waals surface area contributed by atoms with Crippen molar-refractivity contribution in [1.29, 1.82) is 0 Å². The van der Waals surface area contributed by atoms with Crippen LogP contribution in [0, 0.1) is 0 Å². The molecule has 0 N–H and O–H groups in total. The lowest BCUT2D eigenvalue weighted by Gasteiger charge is -2.18. The number of aromatic nitrogens is 3. The largest absolute Gasteiger partial charge is 0.486 e. The highest BCUT2D eigenvalue weighted by Crippen LogP contribution is 2.30. The molecular formula is C22H19N3O5. The van der Waals surface area contributed by atoms with Crippen LogP contribution in [-0.2, 0) is 16.1 Å². The van der Waals surface area contributed by atoms with Gasteiger partial charge >= 0.3 is 5.97 Å². The summed E-state index contributed by atoms with van der Waals surface area (Å²) in [6, 6.07) is 14.7. The van der Waals surface area contributed by atoms with Crippen molar-refractivity contribution in [2.75, 3.05) is 19.8 Å². The quantitative estimate of drug-likeness (QED) is 0.339. The zero-order valence-electron chi connectivity index (χ0n) is 16.1. The number of carbonyl (C=O) groups is 2. The van der Waals surface area contributed by atoms with E-state index in [0.29, 0.717) is 42.5 Å². The number of ketones is 1. The highest BCUT2D eigenvalue weighted by atomic mass is 16.6. The van der Waals surface area contributed by atoms with E-state index in [9.17, 15) is 9.59 Å². The van der Waals surface area contributed by atoms with Gasteiger partial charge in [-0.15, -0.1) is 5.10 Å². The predicted molar refractivity (Wildman–Crippen MR) is 107 cm³/mol. The molecule has 0 unspecified atom stereocenters. The second kappa shape index (κ2) is 9.04. The van der Waals surface area contributed by atoms with Gasteiger partial charge < -0.3 is 14.2 Å². The molecule has 0 saturated heterocycles. The van der Waals surface area contributed by atoms with E-state index in [4.69, 9.17) is 14.2 Å². The standard InChI is InChI=1S/C22H19N3O5/c26-19(17-6-8-20-21(12-17)29-11-10-28-20)15-30-22(27)9-7-18-14-25(24-23-18)13-16-4-2-1-3-5-16/h1-9,12,14H,10-11,13,15H2/b9-7+. The van der Waals surface area contributed by atoms with Crippen LogP contribution in [0.4, 0.5) is 0 Å². The van der Waals surface area contributed by atoms with Crippen molar-refractivity contribution in [1.82, 2.24) is 15.0 Å². The predicted octanol–water partition coefficient (Wildman–Crippen LogP) is 2.54. The molecule has 152 valence electrons. The Morgan fingerprint density at radius 3 is 2.70 bits per heavy atom. The van der Waals surface area contributed by atoms with Crippen LogP contribution in [0.5, 0.6) is 11.5 Å². The summed E-state index contributed by atoms with van der Waals surface area (Å²) in [6.07, 6.45) is 4.43. The van der Waals surface area contributed by atoms with E-state index < -0.39 is 5.97 Å². The molecule has 0 radical (unpaired) electrons. The Morgan fingerprint density at radius 1 is 1.07 bits per heavy atom. The lowest BCUT2D eigenvalue weighted by molar-refractivity contribution is -0.136. The first-order valence-electron chi connectivity index (χ1n) is 9.39. The van der Waals surface area contributed by atoms with Crippen LogP contribution in [0.15, 0.2) is 60.8 Å². The number of nitrogens with zero attached hydrogens (tertiary/aromatic N) is 3. The van der Waals surface area contributed by atoms with Gasteiger partial charge in [-0.05, 0) is 29.8 Å². The van der Waals surface area contributed by atoms with Crippen LogP contribution < -0.4 is 9.47 Å². The smallest absolute Gasteiger partial charge is 0.331 e. The number of esters is 1.